The number of aliphatic hydroxyl groups is 1. The molecule has 2 unspecified atom stereocenters. The van der Waals surface area contributed by atoms with Crippen LogP contribution in [-0.2, 0) is 6.18 Å². The van der Waals surface area contributed by atoms with Gasteiger partial charge < -0.3 is 5.11 Å². The van der Waals surface area contributed by atoms with Gasteiger partial charge in [-0.15, -0.1) is 11.8 Å². The van der Waals surface area contributed by atoms with E-state index < -0.39 is 23.3 Å². The third-order valence-electron chi connectivity index (χ3n) is 1.95. The van der Waals surface area contributed by atoms with E-state index in [1.165, 1.54) is 0 Å². The monoisotopic (exact) mass is 286 g/mol. The summed E-state index contributed by atoms with van der Waals surface area (Å²) in [4.78, 5) is 6.79. The van der Waals surface area contributed by atoms with Crippen LogP contribution in [0.2, 0.25) is 5.28 Å². The molecular weight excluding hydrogens is 277 g/mol. The molecule has 1 aromatic rings. The highest BCUT2D eigenvalue weighted by Gasteiger charge is 2.33. The number of aliphatic hydroxyl groups excluding tert-OH is 1. The molecule has 17 heavy (non-hydrogen) atoms. The van der Waals surface area contributed by atoms with E-state index in [1.54, 1.807) is 13.8 Å². The predicted molar refractivity (Wildman–Crippen MR) is 59.0 cm³/mol. The Kier molecular flexibility index (Phi) is 4.62. The average molecular weight is 287 g/mol. The fourth-order valence-corrected chi connectivity index (χ4v) is 2.02. The van der Waals surface area contributed by atoms with Gasteiger partial charge in [-0.25, -0.2) is 9.97 Å². The quantitative estimate of drug-likeness (QED) is 0.527. The van der Waals surface area contributed by atoms with Crippen LogP contribution in [0, 0.1) is 0 Å². The molecule has 96 valence electrons. The Morgan fingerprint density at radius 1 is 1.35 bits per heavy atom. The molecule has 0 aliphatic heterocycles. The van der Waals surface area contributed by atoms with E-state index in [4.69, 9.17) is 11.6 Å². The van der Waals surface area contributed by atoms with Crippen LogP contribution in [0.3, 0.4) is 0 Å². The second-order valence-electron chi connectivity index (χ2n) is 3.42. The number of hydrogen-bond acceptors (Lipinski definition) is 4. The van der Waals surface area contributed by atoms with E-state index in [1.807, 2.05) is 0 Å². The molecule has 0 bridgehead atoms. The molecule has 0 spiro atoms. The lowest BCUT2D eigenvalue weighted by molar-refractivity contribution is -0.141. The number of rotatable bonds is 3. The minimum atomic E-state index is -4.56. The molecule has 1 heterocycles. The van der Waals surface area contributed by atoms with Crippen molar-refractivity contribution < 1.29 is 18.3 Å². The van der Waals surface area contributed by atoms with E-state index in [-0.39, 0.29) is 10.3 Å². The average Bonchev–Trinajstić information content (AvgIpc) is 2.15. The molecule has 3 nitrogen and oxygen atoms in total. The molecule has 2 atom stereocenters. The normalized spacial score (nSPS) is 15.7. The SMILES string of the molecule is CC(O)C(C)Sc1cc(C(F)(F)F)nc(Cl)n1. The van der Waals surface area contributed by atoms with E-state index in [2.05, 4.69) is 9.97 Å². The van der Waals surface area contributed by atoms with Crippen LogP contribution in [0.5, 0.6) is 0 Å². The lowest BCUT2D eigenvalue weighted by Crippen LogP contribution is -2.16. The zero-order chi connectivity index (χ0) is 13.2. The summed E-state index contributed by atoms with van der Waals surface area (Å²) < 4.78 is 37.3. The summed E-state index contributed by atoms with van der Waals surface area (Å²) in [6, 6.07) is 0.815. The summed E-state index contributed by atoms with van der Waals surface area (Å²) in [7, 11) is 0. The first-order valence-electron chi connectivity index (χ1n) is 4.66. The van der Waals surface area contributed by atoms with Crippen molar-refractivity contribution in [3.8, 4) is 0 Å². The van der Waals surface area contributed by atoms with Gasteiger partial charge in [-0.05, 0) is 18.5 Å². The molecule has 1 N–H and O–H groups in total. The van der Waals surface area contributed by atoms with Gasteiger partial charge in [0.25, 0.3) is 0 Å². The topological polar surface area (TPSA) is 46.0 Å². The smallest absolute Gasteiger partial charge is 0.392 e. The van der Waals surface area contributed by atoms with Crippen LogP contribution in [0.25, 0.3) is 0 Å². The second-order valence-corrected chi connectivity index (χ2v) is 5.16. The Bertz CT molecular complexity index is 400. The van der Waals surface area contributed by atoms with Gasteiger partial charge in [0.05, 0.1) is 6.10 Å². The highest BCUT2D eigenvalue weighted by Crippen LogP contribution is 2.32. The van der Waals surface area contributed by atoms with E-state index in [9.17, 15) is 18.3 Å². The number of nitrogens with zero attached hydrogens (tertiary/aromatic N) is 2. The zero-order valence-corrected chi connectivity index (χ0v) is 10.6. The summed E-state index contributed by atoms with van der Waals surface area (Å²) in [5.41, 5.74) is -1.09. The first-order chi connectivity index (χ1) is 7.70. The van der Waals surface area contributed by atoms with Gasteiger partial charge in [-0.3, -0.25) is 0 Å². The fourth-order valence-electron chi connectivity index (χ4n) is 0.891. The maximum atomic E-state index is 12.4. The van der Waals surface area contributed by atoms with Crippen molar-refractivity contribution in [1.82, 2.24) is 9.97 Å². The van der Waals surface area contributed by atoms with Crippen molar-refractivity contribution in [3.63, 3.8) is 0 Å². The van der Waals surface area contributed by atoms with Crippen LogP contribution in [0.1, 0.15) is 19.5 Å². The highest BCUT2D eigenvalue weighted by atomic mass is 35.5. The maximum absolute atomic E-state index is 12.4. The Hall–Kier alpha value is -0.530. The summed E-state index contributed by atoms with van der Waals surface area (Å²) in [5, 5.41) is 8.60. The number of thioether (sulfide) groups is 1. The van der Waals surface area contributed by atoms with Crippen molar-refractivity contribution in [2.75, 3.05) is 0 Å². The van der Waals surface area contributed by atoms with Gasteiger partial charge in [0.2, 0.25) is 5.28 Å². The Morgan fingerprint density at radius 3 is 2.41 bits per heavy atom. The second kappa shape index (κ2) is 5.41. The van der Waals surface area contributed by atoms with E-state index in [0.29, 0.717) is 0 Å². The fraction of sp³-hybridized carbons (Fsp3) is 0.556. The van der Waals surface area contributed by atoms with Gasteiger partial charge in [-0.1, -0.05) is 6.92 Å². The largest absolute Gasteiger partial charge is 0.433 e. The predicted octanol–water partition coefficient (Wildman–Crippen LogP) is 3.01. The van der Waals surface area contributed by atoms with Gasteiger partial charge in [-0.2, -0.15) is 13.2 Å². The van der Waals surface area contributed by atoms with Crippen LogP contribution in [0.15, 0.2) is 11.1 Å². The number of hydrogen-bond donors (Lipinski definition) is 1. The Labute approximate surface area is 105 Å². The molecule has 0 radical (unpaired) electrons. The molecule has 1 aromatic heterocycles. The number of halogens is 4. The molecule has 0 aliphatic carbocycles. The van der Waals surface area contributed by atoms with Crippen LogP contribution in [-0.4, -0.2) is 26.4 Å². The van der Waals surface area contributed by atoms with Crippen molar-refractivity contribution in [1.29, 1.82) is 0 Å². The molecule has 0 aliphatic rings. The molecule has 0 fully saturated rings. The van der Waals surface area contributed by atoms with E-state index in [0.717, 1.165) is 17.8 Å². The van der Waals surface area contributed by atoms with E-state index >= 15 is 0 Å². The molecular formula is C9H10ClF3N2OS. The minimum Gasteiger partial charge on any atom is -0.392 e. The maximum Gasteiger partial charge on any atom is 0.433 e. The summed E-state index contributed by atoms with van der Waals surface area (Å²) in [6.07, 6.45) is -5.22. The summed E-state index contributed by atoms with van der Waals surface area (Å²) in [5.74, 6) is 0. The molecule has 0 saturated heterocycles. The summed E-state index contributed by atoms with van der Waals surface area (Å²) in [6.45, 7) is 3.23. The Balaban J connectivity index is 2.98. The molecule has 0 aromatic carbocycles. The van der Waals surface area contributed by atoms with Gasteiger partial charge in [0.15, 0.2) is 5.69 Å². The molecule has 0 amide bonds. The molecule has 1 rings (SSSR count). The van der Waals surface area contributed by atoms with Crippen molar-refractivity contribution in [2.24, 2.45) is 0 Å². The minimum absolute atomic E-state index is 0.0886. The molecule has 0 saturated carbocycles. The van der Waals surface area contributed by atoms with Crippen molar-refractivity contribution in [2.45, 2.75) is 36.4 Å². The summed E-state index contributed by atoms with van der Waals surface area (Å²) >= 11 is 6.43. The Morgan fingerprint density at radius 2 is 1.94 bits per heavy atom. The third kappa shape index (κ3) is 4.33. The lowest BCUT2D eigenvalue weighted by atomic mass is 10.3. The van der Waals surface area contributed by atoms with Crippen LogP contribution < -0.4 is 0 Å². The number of alkyl halides is 3. The number of aromatic nitrogens is 2. The first kappa shape index (κ1) is 14.5. The van der Waals surface area contributed by atoms with Crippen molar-refractivity contribution >= 4 is 23.4 Å². The van der Waals surface area contributed by atoms with Crippen molar-refractivity contribution in [3.05, 3.63) is 17.0 Å². The third-order valence-corrected chi connectivity index (χ3v) is 3.34. The highest BCUT2D eigenvalue weighted by molar-refractivity contribution is 7.99. The lowest BCUT2D eigenvalue weighted by Gasteiger charge is -2.14. The zero-order valence-electron chi connectivity index (χ0n) is 8.99. The first-order valence-corrected chi connectivity index (χ1v) is 5.92. The van der Waals surface area contributed by atoms with Crippen LogP contribution >= 0.6 is 23.4 Å². The van der Waals surface area contributed by atoms with Gasteiger partial charge >= 0.3 is 6.18 Å². The molecule has 8 heteroatoms. The standard InChI is InChI=1S/C9H10ClF3N2OS/c1-4(16)5(2)17-7-3-6(9(11,12)13)14-8(10)15-7/h3-5,16H,1-2H3. The van der Waals surface area contributed by atoms with Gasteiger partial charge in [0.1, 0.15) is 5.03 Å². The van der Waals surface area contributed by atoms with Crippen LogP contribution in [0.4, 0.5) is 13.2 Å². The van der Waals surface area contributed by atoms with Gasteiger partial charge in [0, 0.05) is 11.3 Å².